The summed E-state index contributed by atoms with van der Waals surface area (Å²) in [6.45, 7) is 6.65. The number of esters is 3. The highest BCUT2D eigenvalue weighted by Gasteiger charge is 2.20. The first-order chi connectivity index (χ1) is 40.0. The number of ether oxygens (including phenoxy) is 3. The standard InChI is InChI=1S/C75H146O6/c1-4-7-10-13-15-17-19-21-23-25-27-29-31-32-33-34-35-36-37-38-39-40-41-42-44-45-47-49-51-53-55-57-59-62-65-68-74(77)80-71-72(70-79-73(76)67-64-61-12-9-6-3)81-75(78)69-66-63-60-58-56-54-52-50-48-46-43-30-28-26-24-22-20-18-16-14-11-8-5-2/h72H,4-71H2,1-3H3. The number of carbonyl (C=O) groups excluding carboxylic acids is 3. The van der Waals surface area contributed by atoms with Crippen molar-refractivity contribution in [3.63, 3.8) is 0 Å². The Morgan fingerprint density at radius 3 is 0.494 bits per heavy atom. The first kappa shape index (κ1) is 79.4. The van der Waals surface area contributed by atoms with E-state index in [2.05, 4.69) is 20.8 Å². The molecule has 482 valence electrons. The van der Waals surface area contributed by atoms with Crippen LogP contribution in [0.5, 0.6) is 0 Å². The maximum atomic E-state index is 12.9. The van der Waals surface area contributed by atoms with Crippen LogP contribution in [0.2, 0.25) is 0 Å². The zero-order valence-electron chi connectivity index (χ0n) is 55.6. The number of rotatable bonds is 71. The number of hydrogen-bond donors (Lipinski definition) is 0. The van der Waals surface area contributed by atoms with Gasteiger partial charge < -0.3 is 14.2 Å². The number of hydrogen-bond acceptors (Lipinski definition) is 6. The lowest BCUT2D eigenvalue weighted by molar-refractivity contribution is -0.167. The van der Waals surface area contributed by atoms with E-state index in [1.165, 1.54) is 340 Å². The highest BCUT2D eigenvalue weighted by atomic mass is 16.6. The van der Waals surface area contributed by atoms with Gasteiger partial charge in [-0.1, -0.05) is 406 Å². The number of unbranched alkanes of at least 4 members (excludes halogenated alkanes) is 60. The highest BCUT2D eigenvalue weighted by Crippen LogP contribution is 2.20. The molecular formula is C75H146O6. The molecule has 0 amide bonds. The second-order valence-corrected chi connectivity index (χ2v) is 25.9. The molecule has 0 aromatic heterocycles. The van der Waals surface area contributed by atoms with Crippen LogP contribution in [0.3, 0.4) is 0 Å². The van der Waals surface area contributed by atoms with Gasteiger partial charge in [-0.05, 0) is 19.3 Å². The first-order valence-corrected chi connectivity index (χ1v) is 37.5. The van der Waals surface area contributed by atoms with Crippen LogP contribution in [0.25, 0.3) is 0 Å². The molecule has 81 heavy (non-hydrogen) atoms. The van der Waals surface area contributed by atoms with Crippen molar-refractivity contribution in [1.82, 2.24) is 0 Å². The molecule has 0 aliphatic heterocycles. The molecule has 0 aromatic carbocycles. The summed E-state index contributed by atoms with van der Waals surface area (Å²) in [6.07, 6.45) is 85.1. The minimum Gasteiger partial charge on any atom is -0.462 e. The van der Waals surface area contributed by atoms with E-state index in [9.17, 15) is 14.4 Å². The Labute approximate surface area is 508 Å². The highest BCUT2D eigenvalue weighted by molar-refractivity contribution is 5.71. The van der Waals surface area contributed by atoms with E-state index in [1.807, 2.05) is 0 Å². The largest absolute Gasteiger partial charge is 0.462 e. The monoisotopic (exact) mass is 1140 g/mol. The molecule has 6 heteroatoms. The summed E-state index contributed by atoms with van der Waals surface area (Å²) in [4.78, 5) is 38.0. The van der Waals surface area contributed by atoms with Gasteiger partial charge in [0.05, 0.1) is 0 Å². The van der Waals surface area contributed by atoms with Crippen LogP contribution in [0, 0.1) is 0 Å². The van der Waals surface area contributed by atoms with E-state index in [4.69, 9.17) is 14.2 Å². The molecule has 1 atom stereocenters. The Morgan fingerprint density at radius 1 is 0.198 bits per heavy atom. The molecule has 1 unspecified atom stereocenters. The Bertz CT molecular complexity index is 1220. The summed E-state index contributed by atoms with van der Waals surface area (Å²) in [5, 5.41) is 0. The van der Waals surface area contributed by atoms with Crippen molar-refractivity contribution in [2.24, 2.45) is 0 Å². The maximum Gasteiger partial charge on any atom is 0.306 e. The fourth-order valence-electron chi connectivity index (χ4n) is 12.0. The minimum absolute atomic E-state index is 0.0621. The van der Waals surface area contributed by atoms with Crippen LogP contribution in [-0.4, -0.2) is 37.2 Å². The van der Waals surface area contributed by atoms with Gasteiger partial charge in [0, 0.05) is 19.3 Å². The lowest BCUT2D eigenvalue weighted by Crippen LogP contribution is -2.30. The third-order valence-electron chi connectivity index (χ3n) is 17.6. The summed E-state index contributed by atoms with van der Waals surface area (Å²) in [5.74, 6) is -0.841. The van der Waals surface area contributed by atoms with Crippen molar-refractivity contribution < 1.29 is 28.6 Å². The lowest BCUT2D eigenvalue weighted by atomic mass is 10.0. The van der Waals surface area contributed by atoms with Crippen LogP contribution < -0.4 is 0 Å². The Hall–Kier alpha value is -1.59. The minimum atomic E-state index is -0.761. The summed E-state index contributed by atoms with van der Waals surface area (Å²) in [6, 6.07) is 0. The molecule has 0 spiro atoms. The van der Waals surface area contributed by atoms with Gasteiger partial charge in [-0.25, -0.2) is 0 Å². The quantitative estimate of drug-likeness (QED) is 0.0343. The predicted octanol–water partition coefficient (Wildman–Crippen LogP) is 25.8. The van der Waals surface area contributed by atoms with Crippen LogP contribution >= 0.6 is 0 Å². The summed E-state index contributed by atoms with van der Waals surface area (Å²) in [5.41, 5.74) is 0. The van der Waals surface area contributed by atoms with Gasteiger partial charge in [0.25, 0.3) is 0 Å². The molecule has 0 rings (SSSR count). The normalized spacial score (nSPS) is 11.9. The van der Waals surface area contributed by atoms with Gasteiger partial charge in [-0.15, -0.1) is 0 Å². The SMILES string of the molecule is CCCCCCCCCCCCCCCCCCCCCCCCCCCCCCCCCCCCCC(=O)OCC(COC(=O)CCCCCCC)OC(=O)CCCCCCCCCCCCCCCCCCCCCCCCC. The fourth-order valence-corrected chi connectivity index (χ4v) is 12.0. The lowest BCUT2D eigenvalue weighted by Gasteiger charge is -2.18. The first-order valence-electron chi connectivity index (χ1n) is 37.5. The Morgan fingerprint density at radius 2 is 0.333 bits per heavy atom. The molecule has 0 heterocycles. The molecule has 0 radical (unpaired) electrons. The molecule has 0 saturated heterocycles. The van der Waals surface area contributed by atoms with Crippen molar-refractivity contribution in [1.29, 1.82) is 0 Å². The fraction of sp³-hybridized carbons (Fsp3) is 0.960. The van der Waals surface area contributed by atoms with Gasteiger partial charge in [-0.3, -0.25) is 14.4 Å². The van der Waals surface area contributed by atoms with Crippen LogP contribution in [0.4, 0.5) is 0 Å². The molecule has 0 aromatic rings. The summed E-state index contributed by atoms with van der Waals surface area (Å²) >= 11 is 0. The Balaban J connectivity index is 3.82. The molecule has 0 bridgehead atoms. The zero-order valence-corrected chi connectivity index (χ0v) is 55.6. The average molecular weight is 1140 g/mol. The van der Waals surface area contributed by atoms with E-state index < -0.39 is 6.10 Å². The molecule has 0 fully saturated rings. The second kappa shape index (κ2) is 70.9. The van der Waals surface area contributed by atoms with Gasteiger partial charge >= 0.3 is 17.9 Å². The molecule has 0 aliphatic rings. The van der Waals surface area contributed by atoms with Gasteiger partial charge in [-0.2, -0.15) is 0 Å². The van der Waals surface area contributed by atoms with E-state index >= 15 is 0 Å². The van der Waals surface area contributed by atoms with Crippen molar-refractivity contribution in [2.75, 3.05) is 13.2 Å². The van der Waals surface area contributed by atoms with E-state index in [1.54, 1.807) is 0 Å². The smallest absolute Gasteiger partial charge is 0.306 e. The molecule has 6 nitrogen and oxygen atoms in total. The van der Waals surface area contributed by atoms with Crippen molar-refractivity contribution >= 4 is 17.9 Å². The van der Waals surface area contributed by atoms with E-state index in [0.717, 1.165) is 64.2 Å². The third kappa shape index (κ3) is 69.1. The summed E-state index contributed by atoms with van der Waals surface area (Å²) < 4.78 is 16.8. The summed E-state index contributed by atoms with van der Waals surface area (Å²) in [7, 11) is 0. The maximum absolute atomic E-state index is 12.9. The van der Waals surface area contributed by atoms with Crippen molar-refractivity contribution in [2.45, 2.75) is 451 Å². The van der Waals surface area contributed by atoms with Crippen molar-refractivity contribution in [3.8, 4) is 0 Å². The topological polar surface area (TPSA) is 78.9 Å². The average Bonchev–Trinajstić information content (AvgIpc) is 3.47. The van der Waals surface area contributed by atoms with Crippen LogP contribution in [0.1, 0.15) is 445 Å². The van der Waals surface area contributed by atoms with Gasteiger partial charge in [0.1, 0.15) is 13.2 Å². The predicted molar refractivity (Wildman–Crippen MR) is 354 cm³/mol. The van der Waals surface area contributed by atoms with Crippen molar-refractivity contribution in [3.05, 3.63) is 0 Å². The second-order valence-electron chi connectivity index (χ2n) is 25.9. The van der Waals surface area contributed by atoms with Crippen LogP contribution in [-0.2, 0) is 28.6 Å². The third-order valence-corrected chi connectivity index (χ3v) is 17.6. The number of carbonyl (C=O) groups is 3. The van der Waals surface area contributed by atoms with Gasteiger partial charge in [0.15, 0.2) is 6.10 Å². The molecule has 0 aliphatic carbocycles. The Kier molecular flexibility index (Phi) is 69.5. The van der Waals surface area contributed by atoms with E-state index in [-0.39, 0.29) is 31.1 Å². The van der Waals surface area contributed by atoms with Crippen LogP contribution in [0.15, 0.2) is 0 Å². The molecular weight excluding hydrogens is 997 g/mol. The van der Waals surface area contributed by atoms with E-state index in [0.29, 0.717) is 19.3 Å². The molecule has 0 saturated carbocycles. The molecule has 0 N–H and O–H groups in total. The zero-order chi connectivity index (χ0) is 58.5. The van der Waals surface area contributed by atoms with Gasteiger partial charge in [0.2, 0.25) is 0 Å².